The molecule has 1 aromatic rings. The first-order valence-corrected chi connectivity index (χ1v) is 10.2. The smallest absolute Gasteiger partial charge is 0.329 e. The van der Waals surface area contributed by atoms with E-state index in [4.69, 9.17) is 4.74 Å². The van der Waals surface area contributed by atoms with Crippen LogP contribution in [0.4, 0.5) is 0 Å². The van der Waals surface area contributed by atoms with E-state index in [1.54, 1.807) is 16.7 Å². The van der Waals surface area contributed by atoms with Crippen molar-refractivity contribution >= 4 is 23.6 Å². The third-order valence-corrected chi connectivity index (χ3v) is 5.56. The topological polar surface area (TPSA) is 46.6 Å². The molecule has 0 N–H and O–H groups in total. The van der Waals surface area contributed by atoms with E-state index >= 15 is 0 Å². The standard InChI is InChI=1S/C20H29NO3S/c1-4-12-24-20(23)17-14-25-19(13-15(2)3)21(17)18(22)11-10-16-8-6-5-7-9-16/h5-9,15,17,19H,4,10-14H2,1-3H3/t17-,19-/m0/s1. The molecule has 138 valence electrons. The molecule has 1 saturated heterocycles. The van der Waals surface area contributed by atoms with Gasteiger partial charge in [-0.15, -0.1) is 11.8 Å². The number of esters is 1. The molecule has 1 aromatic carbocycles. The van der Waals surface area contributed by atoms with Crippen LogP contribution < -0.4 is 0 Å². The molecule has 2 atom stereocenters. The van der Waals surface area contributed by atoms with Gasteiger partial charge in [-0.1, -0.05) is 51.1 Å². The van der Waals surface area contributed by atoms with Gasteiger partial charge in [0.2, 0.25) is 5.91 Å². The molecule has 0 spiro atoms. The molecule has 0 saturated carbocycles. The number of rotatable bonds is 8. The largest absolute Gasteiger partial charge is 0.464 e. The van der Waals surface area contributed by atoms with E-state index in [0.29, 0.717) is 31.1 Å². The summed E-state index contributed by atoms with van der Waals surface area (Å²) in [5.74, 6) is 0.913. The van der Waals surface area contributed by atoms with E-state index < -0.39 is 6.04 Å². The Morgan fingerprint density at radius 1 is 1.28 bits per heavy atom. The van der Waals surface area contributed by atoms with Gasteiger partial charge in [-0.3, -0.25) is 4.79 Å². The summed E-state index contributed by atoms with van der Waals surface area (Å²) in [6.45, 7) is 6.69. The quantitative estimate of drug-likeness (QED) is 0.658. The van der Waals surface area contributed by atoms with Gasteiger partial charge in [0, 0.05) is 12.2 Å². The fraction of sp³-hybridized carbons (Fsp3) is 0.600. The number of carbonyl (C=O) groups is 2. The summed E-state index contributed by atoms with van der Waals surface area (Å²) >= 11 is 1.70. The monoisotopic (exact) mass is 363 g/mol. The zero-order valence-electron chi connectivity index (χ0n) is 15.4. The predicted octanol–water partition coefficient (Wildman–Crippen LogP) is 3.89. The molecule has 4 nitrogen and oxygen atoms in total. The highest BCUT2D eigenvalue weighted by Gasteiger charge is 2.42. The summed E-state index contributed by atoms with van der Waals surface area (Å²) in [5, 5.41) is 0.0717. The Morgan fingerprint density at radius 2 is 2.00 bits per heavy atom. The molecule has 0 bridgehead atoms. The number of ether oxygens (including phenoxy) is 1. The van der Waals surface area contributed by atoms with Crippen LogP contribution >= 0.6 is 11.8 Å². The van der Waals surface area contributed by atoms with Crippen LogP contribution in [0.1, 0.15) is 45.6 Å². The van der Waals surface area contributed by atoms with E-state index in [2.05, 4.69) is 13.8 Å². The van der Waals surface area contributed by atoms with Crippen molar-refractivity contribution in [2.75, 3.05) is 12.4 Å². The van der Waals surface area contributed by atoms with Crippen LogP contribution in [0.3, 0.4) is 0 Å². The molecule has 0 aromatic heterocycles. The van der Waals surface area contributed by atoms with Gasteiger partial charge in [-0.05, 0) is 30.7 Å². The number of nitrogens with zero attached hydrogens (tertiary/aromatic N) is 1. The van der Waals surface area contributed by atoms with Gasteiger partial charge >= 0.3 is 5.97 Å². The zero-order valence-corrected chi connectivity index (χ0v) is 16.3. The summed E-state index contributed by atoms with van der Waals surface area (Å²) in [6.07, 6.45) is 2.82. The Bertz CT molecular complexity index is 561. The lowest BCUT2D eigenvalue weighted by molar-refractivity contribution is -0.154. The molecular formula is C20H29NO3S. The summed E-state index contributed by atoms with van der Waals surface area (Å²) in [6, 6.07) is 9.56. The van der Waals surface area contributed by atoms with E-state index in [1.807, 2.05) is 37.3 Å². The fourth-order valence-corrected chi connectivity index (χ4v) is 4.64. The highest BCUT2D eigenvalue weighted by molar-refractivity contribution is 8.00. The average molecular weight is 364 g/mol. The number of amides is 1. The molecule has 1 amide bonds. The molecule has 25 heavy (non-hydrogen) atoms. The third kappa shape index (κ3) is 5.77. The summed E-state index contributed by atoms with van der Waals surface area (Å²) in [7, 11) is 0. The molecule has 0 radical (unpaired) electrons. The first kappa shape index (κ1) is 19.8. The highest BCUT2D eigenvalue weighted by Crippen LogP contribution is 2.34. The second-order valence-electron chi connectivity index (χ2n) is 6.89. The van der Waals surface area contributed by atoms with Crippen molar-refractivity contribution in [3.05, 3.63) is 35.9 Å². The molecule has 1 fully saturated rings. The number of hydrogen-bond donors (Lipinski definition) is 0. The van der Waals surface area contributed by atoms with E-state index in [-0.39, 0.29) is 17.3 Å². The number of benzene rings is 1. The Hall–Kier alpha value is -1.49. The molecule has 1 heterocycles. The van der Waals surface area contributed by atoms with Crippen LogP contribution in [0.15, 0.2) is 30.3 Å². The number of carbonyl (C=O) groups excluding carboxylic acids is 2. The first-order chi connectivity index (χ1) is 12.0. The van der Waals surface area contributed by atoms with Gasteiger partial charge in [0.1, 0.15) is 6.04 Å². The molecule has 1 aliphatic rings. The Kier molecular flexibility index (Phi) is 7.82. The molecule has 1 aliphatic heterocycles. The second-order valence-corrected chi connectivity index (χ2v) is 8.10. The van der Waals surface area contributed by atoms with Crippen molar-refractivity contribution in [2.45, 2.75) is 57.9 Å². The summed E-state index contributed by atoms with van der Waals surface area (Å²) in [4.78, 5) is 27.1. The van der Waals surface area contributed by atoms with Crippen LogP contribution in [-0.2, 0) is 20.7 Å². The summed E-state index contributed by atoms with van der Waals surface area (Å²) in [5.41, 5.74) is 1.15. The lowest BCUT2D eigenvalue weighted by Gasteiger charge is -2.29. The Labute approximate surface area is 155 Å². The number of aryl methyl sites for hydroxylation is 1. The Morgan fingerprint density at radius 3 is 2.64 bits per heavy atom. The first-order valence-electron chi connectivity index (χ1n) is 9.16. The van der Waals surface area contributed by atoms with Crippen molar-refractivity contribution in [3.63, 3.8) is 0 Å². The van der Waals surface area contributed by atoms with Crippen molar-refractivity contribution in [1.82, 2.24) is 4.90 Å². The number of thioether (sulfide) groups is 1. The molecular weight excluding hydrogens is 334 g/mol. The minimum atomic E-state index is -0.441. The SMILES string of the molecule is CCCOC(=O)[C@@H]1CS[C@@H](CC(C)C)N1C(=O)CCc1ccccc1. The van der Waals surface area contributed by atoms with E-state index in [1.165, 1.54) is 0 Å². The van der Waals surface area contributed by atoms with Gasteiger partial charge in [-0.25, -0.2) is 4.79 Å². The van der Waals surface area contributed by atoms with Crippen LogP contribution in [0.25, 0.3) is 0 Å². The molecule has 0 unspecified atom stereocenters. The maximum atomic E-state index is 12.9. The second kappa shape index (κ2) is 9.85. The van der Waals surface area contributed by atoms with Crippen molar-refractivity contribution in [3.8, 4) is 0 Å². The number of hydrogen-bond acceptors (Lipinski definition) is 4. The minimum absolute atomic E-state index is 0.0537. The van der Waals surface area contributed by atoms with E-state index in [9.17, 15) is 9.59 Å². The van der Waals surface area contributed by atoms with Crippen LogP contribution in [0, 0.1) is 5.92 Å². The third-order valence-electron chi connectivity index (χ3n) is 4.24. The predicted molar refractivity (Wildman–Crippen MR) is 102 cm³/mol. The molecule has 2 rings (SSSR count). The minimum Gasteiger partial charge on any atom is -0.464 e. The molecule has 0 aliphatic carbocycles. The van der Waals surface area contributed by atoms with Crippen molar-refractivity contribution in [1.29, 1.82) is 0 Å². The van der Waals surface area contributed by atoms with Crippen LogP contribution in [0.5, 0.6) is 0 Å². The van der Waals surface area contributed by atoms with Gasteiger partial charge in [-0.2, -0.15) is 0 Å². The van der Waals surface area contributed by atoms with Gasteiger partial charge in [0.15, 0.2) is 0 Å². The average Bonchev–Trinajstić information content (AvgIpc) is 3.01. The van der Waals surface area contributed by atoms with Gasteiger partial charge in [0.05, 0.1) is 12.0 Å². The maximum Gasteiger partial charge on any atom is 0.329 e. The zero-order chi connectivity index (χ0) is 18.2. The van der Waals surface area contributed by atoms with Crippen LogP contribution in [0.2, 0.25) is 0 Å². The fourth-order valence-electron chi connectivity index (χ4n) is 2.99. The highest BCUT2D eigenvalue weighted by atomic mass is 32.2. The van der Waals surface area contributed by atoms with E-state index in [0.717, 1.165) is 18.4 Å². The maximum absolute atomic E-state index is 12.9. The van der Waals surface area contributed by atoms with Gasteiger partial charge in [0.25, 0.3) is 0 Å². The lowest BCUT2D eigenvalue weighted by atomic mass is 10.1. The molecule has 5 heteroatoms. The lowest BCUT2D eigenvalue weighted by Crippen LogP contribution is -2.46. The Balaban J connectivity index is 2.04. The normalized spacial score (nSPS) is 20.1. The van der Waals surface area contributed by atoms with Crippen molar-refractivity contribution in [2.24, 2.45) is 5.92 Å². The van der Waals surface area contributed by atoms with Crippen LogP contribution in [-0.4, -0.2) is 40.6 Å². The van der Waals surface area contributed by atoms with Gasteiger partial charge < -0.3 is 9.64 Å². The summed E-state index contributed by atoms with van der Waals surface area (Å²) < 4.78 is 5.33. The van der Waals surface area contributed by atoms with Crippen molar-refractivity contribution < 1.29 is 14.3 Å².